The molecule has 2 saturated heterocycles. The Morgan fingerprint density at radius 1 is 1.14 bits per heavy atom. The quantitative estimate of drug-likeness (QED) is 0.385. The molecule has 3 amide bonds. The zero-order valence-electron chi connectivity index (χ0n) is 24.4. The van der Waals surface area contributed by atoms with Gasteiger partial charge in [0, 0.05) is 74.5 Å². The van der Waals surface area contributed by atoms with Crippen LogP contribution in [0.3, 0.4) is 0 Å². The molecule has 3 aliphatic rings. The van der Waals surface area contributed by atoms with E-state index in [0.29, 0.717) is 55.4 Å². The van der Waals surface area contributed by atoms with Crippen molar-refractivity contribution in [3.63, 3.8) is 0 Å². The molecule has 222 valence electrons. The second-order valence-electron chi connectivity index (χ2n) is 11.6. The van der Waals surface area contributed by atoms with Gasteiger partial charge in [-0.15, -0.1) is 0 Å². The Balaban J connectivity index is 1.28. The van der Waals surface area contributed by atoms with Crippen LogP contribution in [0.25, 0.3) is 10.9 Å². The number of carbonyl (C=O) groups excluding carboxylic acids is 3. The summed E-state index contributed by atoms with van der Waals surface area (Å²) >= 11 is 6.54. The highest BCUT2D eigenvalue weighted by molar-refractivity contribution is 6.31. The Labute approximate surface area is 255 Å². The van der Waals surface area contributed by atoms with Gasteiger partial charge in [-0.2, -0.15) is 5.26 Å². The lowest BCUT2D eigenvalue weighted by molar-refractivity contribution is -0.142. The molecule has 10 nitrogen and oxygen atoms in total. The number of carbonyl (C=O) groups is 3. The number of pyridine rings is 1. The number of anilines is 1. The van der Waals surface area contributed by atoms with E-state index in [1.165, 1.54) is 6.08 Å². The molecule has 3 fully saturated rings. The minimum atomic E-state index is -0.130. The van der Waals surface area contributed by atoms with Crippen LogP contribution in [0.1, 0.15) is 45.9 Å². The minimum absolute atomic E-state index is 0.0434. The van der Waals surface area contributed by atoms with Gasteiger partial charge >= 0.3 is 0 Å². The van der Waals surface area contributed by atoms with Gasteiger partial charge in [0.2, 0.25) is 11.8 Å². The molecule has 1 aromatic carbocycles. The van der Waals surface area contributed by atoms with E-state index in [1.807, 2.05) is 34.6 Å². The maximum Gasteiger partial charge on any atom is 0.256 e. The summed E-state index contributed by atoms with van der Waals surface area (Å²) in [5, 5.41) is 10.4. The monoisotopic (exact) mass is 599 g/mol. The van der Waals surface area contributed by atoms with Crippen molar-refractivity contribution in [1.82, 2.24) is 24.3 Å². The standard InChI is InChI=1S/C32H34ClN7O3/c1-4-27(41)39-17-24(18-39)36(3)28(42)19-40-30-20(2)13-23(33)14-25(30)29(31(40)22-6-7-22)32(43)38-11-9-37(10-12-38)26-8-5-21(15-34)16-35-26/h4-5,8,13-14,16,22,24H,1,6-7,9-12,17-19H2,2-3H3. The topological polar surface area (TPSA) is 106 Å². The Morgan fingerprint density at radius 2 is 1.86 bits per heavy atom. The molecule has 2 aliphatic heterocycles. The molecule has 0 atom stereocenters. The SMILES string of the molecule is C=CC(=O)N1CC(N(C)C(=O)Cn2c(C3CC3)c(C(=O)N3CCN(c4ccc(C#N)cn4)CC3)c3cc(Cl)cc(C)c32)C1. The lowest BCUT2D eigenvalue weighted by Gasteiger charge is -2.43. The lowest BCUT2D eigenvalue weighted by Crippen LogP contribution is -2.61. The summed E-state index contributed by atoms with van der Waals surface area (Å²) in [5.74, 6) is 0.754. The third-order valence-corrected chi connectivity index (χ3v) is 9.10. The number of benzene rings is 1. The number of aryl methyl sites for hydroxylation is 1. The van der Waals surface area contributed by atoms with Crippen LogP contribution in [-0.2, 0) is 16.1 Å². The van der Waals surface area contributed by atoms with Crippen molar-refractivity contribution in [2.24, 2.45) is 0 Å². The summed E-state index contributed by atoms with van der Waals surface area (Å²) in [7, 11) is 1.78. The van der Waals surface area contributed by atoms with Crippen molar-refractivity contribution in [2.45, 2.75) is 38.3 Å². The number of likely N-dealkylation sites (N-methyl/N-ethyl adjacent to an activating group) is 1. The van der Waals surface area contributed by atoms with E-state index in [9.17, 15) is 14.4 Å². The number of nitriles is 1. The zero-order chi connectivity index (χ0) is 30.4. The molecule has 1 saturated carbocycles. The molecule has 0 bridgehead atoms. The van der Waals surface area contributed by atoms with Crippen LogP contribution < -0.4 is 4.90 Å². The first-order chi connectivity index (χ1) is 20.7. The van der Waals surface area contributed by atoms with E-state index < -0.39 is 0 Å². The van der Waals surface area contributed by atoms with Gasteiger partial charge in [-0.1, -0.05) is 18.2 Å². The first kappa shape index (κ1) is 28.7. The van der Waals surface area contributed by atoms with Crippen LogP contribution >= 0.6 is 11.6 Å². The fourth-order valence-electron chi connectivity index (χ4n) is 6.24. The summed E-state index contributed by atoms with van der Waals surface area (Å²) in [6, 6.07) is 9.37. The number of aromatic nitrogens is 2. The van der Waals surface area contributed by atoms with Gasteiger partial charge in [-0.25, -0.2) is 4.98 Å². The molecule has 3 aromatic rings. The van der Waals surface area contributed by atoms with E-state index in [2.05, 4.69) is 22.5 Å². The Hall–Kier alpha value is -4.36. The Bertz CT molecular complexity index is 1660. The number of nitrogens with zero attached hydrogens (tertiary/aromatic N) is 7. The molecule has 43 heavy (non-hydrogen) atoms. The van der Waals surface area contributed by atoms with E-state index in [-0.39, 0.29) is 36.2 Å². The maximum absolute atomic E-state index is 14.3. The van der Waals surface area contributed by atoms with E-state index in [0.717, 1.165) is 40.8 Å². The highest BCUT2D eigenvalue weighted by atomic mass is 35.5. The van der Waals surface area contributed by atoms with Gasteiger partial charge in [0.05, 0.1) is 22.7 Å². The van der Waals surface area contributed by atoms with Crippen molar-refractivity contribution in [1.29, 1.82) is 5.26 Å². The largest absolute Gasteiger partial charge is 0.353 e. The van der Waals surface area contributed by atoms with E-state index in [4.69, 9.17) is 16.9 Å². The molecule has 0 spiro atoms. The van der Waals surface area contributed by atoms with Crippen LogP contribution in [0.15, 0.2) is 43.1 Å². The van der Waals surface area contributed by atoms with Crippen LogP contribution in [0.4, 0.5) is 5.82 Å². The second-order valence-corrected chi connectivity index (χ2v) is 12.1. The fraction of sp³-hybridized carbons (Fsp3) is 0.406. The van der Waals surface area contributed by atoms with Gasteiger partial charge < -0.3 is 24.2 Å². The van der Waals surface area contributed by atoms with E-state index >= 15 is 0 Å². The van der Waals surface area contributed by atoms with Gasteiger partial charge in [-0.3, -0.25) is 14.4 Å². The molecule has 1 aliphatic carbocycles. The predicted octanol–water partition coefficient (Wildman–Crippen LogP) is 3.56. The predicted molar refractivity (Wildman–Crippen MR) is 164 cm³/mol. The van der Waals surface area contributed by atoms with Crippen molar-refractivity contribution in [2.75, 3.05) is 51.2 Å². The van der Waals surface area contributed by atoms with Crippen LogP contribution in [-0.4, -0.2) is 94.3 Å². The van der Waals surface area contributed by atoms with Gasteiger partial charge in [0.1, 0.15) is 18.4 Å². The van der Waals surface area contributed by atoms with Crippen molar-refractivity contribution in [3.8, 4) is 6.07 Å². The third-order valence-electron chi connectivity index (χ3n) is 8.88. The number of amides is 3. The smallest absolute Gasteiger partial charge is 0.256 e. The first-order valence-corrected chi connectivity index (χ1v) is 15.0. The summed E-state index contributed by atoms with van der Waals surface area (Å²) in [5.41, 5.74) is 3.86. The van der Waals surface area contributed by atoms with Gasteiger partial charge in [-0.05, 0) is 55.7 Å². The summed E-state index contributed by atoms with van der Waals surface area (Å²) < 4.78 is 2.05. The number of likely N-dealkylation sites (tertiary alicyclic amines) is 1. The van der Waals surface area contributed by atoms with Crippen molar-refractivity contribution < 1.29 is 14.4 Å². The van der Waals surface area contributed by atoms with Gasteiger partial charge in [0.25, 0.3) is 5.91 Å². The Kier molecular flexibility index (Phi) is 7.61. The molecule has 4 heterocycles. The average Bonchev–Trinajstić information content (AvgIpc) is 3.78. The lowest BCUT2D eigenvalue weighted by atomic mass is 10.0. The normalized spacial score (nSPS) is 17.0. The summed E-state index contributed by atoms with van der Waals surface area (Å²) in [6.07, 6.45) is 4.79. The molecule has 0 N–H and O–H groups in total. The summed E-state index contributed by atoms with van der Waals surface area (Å²) in [6.45, 7) is 8.89. The first-order valence-electron chi connectivity index (χ1n) is 14.6. The third kappa shape index (κ3) is 5.34. The molecular formula is C32H34ClN7O3. The van der Waals surface area contributed by atoms with Gasteiger partial charge in [0.15, 0.2) is 0 Å². The van der Waals surface area contributed by atoms with Crippen molar-refractivity contribution in [3.05, 3.63) is 70.5 Å². The molecular weight excluding hydrogens is 566 g/mol. The number of hydrogen-bond donors (Lipinski definition) is 0. The molecule has 2 aromatic heterocycles. The average molecular weight is 600 g/mol. The Morgan fingerprint density at radius 3 is 2.47 bits per heavy atom. The fourth-order valence-corrected chi connectivity index (χ4v) is 6.52. The second kappa shape index (κ2) is 11.4. The number of fused-ring (bicyclic) bond motifs is 1. The molecule has 0 unspecified atom stereocenters. The number of rotatable bonds is 7. The summed E-state index contributed by atoms with van der Waals surface area (Å²) in [4.78, 5) is 51.7. The highest BCUT2D eigenvalue weighted by Gasteiger charge is 2.39. The molecule has 6 rings (SSSR count). The molecule has 11 heteroatoms. The van der Waals surface area contributed by atoms with Crippen LogP contribution in [0.2, 0.25) is 5.02 Å². The van der Waals surface area contributed by atoms with Crippen LogP contribution in [0, 0.1) is 18.3 Å². The van der Waals surface area contributed by atoms with Crippen molar-refractivity contribution >= 4 is 46.0 Å². The minimum Gasteiger partial charge on any atom is -0.353 e. The maximum atomic E-state index is 14.3. The highest BCUT2D eigenvalue weighted by Crippen LogP contribution is 2.46. The van der Waals surface area contributed by atoms with Crippen LogP contribution in [0.5, 0.6) is 0 Å². The zero-order valence-corrected chi connectivity index (χ0v) is 25.2. The molecule has 0 radical (unpaired) electrons. The van der Waals surface area contributed by atoms with E-state index in [1.54, 1.807) is 29.1 Å². The number of hydrogen-bond acceptors (Lipinski definition) is 6. The number of halogens is 1. The number of piperazine rings is 1.